The Balaban J connectivity index is 2.33. The van der Waals surface area contributed by atoms with Crippen molar-refractivity contribution >= 4 is 23.5 Å². The van der Waals surface area contributed by atoms with Crippen molar-refractivity contribution < 1.29 is 14.6 Å². The Morgan fingerprint density at radius 1 is 1.31 bits per heavy atom. The molecule has 1 fully saturated rings. The highest BCUT2D eigenvalue weighted by Gasteiger charge is 2.25. The van der Waals surface area contributed by atoms with Crippen molar-refractivity contribution in [3.63, 3.8) is 0 Å². The van der Waals surface area contributed by atoms with E-state index in [1.807, 2.05) is 24.8 Å². The fourth-order valence-corrected chi connectivity index (χ4v) is 4.47. The Morgan fingerprint density at radius 3 is 2.65 bits per heavy atom. The second-order valence-electron chi connectivity index (χ2n) is 6.76. The number of aromatic carboxylic acids is 1. The van der Waals surface area contributed by atoms with Crippen molar-refractivity contribution in [2.45, 2.75) is 58.1 Å². The van der Waals surface area contributed by atoms with E-state index in [0.29, 0.717) is 18.8 Å². The number of hydrogen-bond donors (Lipinski definition) is 1. The minimum Gasteiger partial charge on any atom is -0.478 e. The second-order valence-corrected chi connectivity index (χ2v) is 8.24. The number of rotatable bonds is 10. The number of morpholine rings is 1. The predicted octanol–water partition coefficient (Wildman–Crippen LogP) is 4.69. The fourth-order valence-electron chi connectivity index (χ4n) is 3.40. The minimum atomic E-state index is -0.867. The van der Waals surface area contributed by atoms with Crippen LogP contribution < -0.4 is 4.90 Å². The Morgan fingerprint density at radius 2 is 2.04 bits per heavy atom. The van der Waals surface area contributed by atoms with Gasteiger partial charge in [-0.2, -0.15) is 11.8 Å². The van der Waals surface area contributed by atoms with Crippen LogP contribution in [0.2, 0.25) is 0 Å². The Labute approximate surface area is 161 Å². The first-order valence-corrected chi connectivity index (χ1v) is 10.8. The fraction of sp³-hybridized carbons (Fsp3) is 0.700. The maximum absolute atomic E-state index is 11.9. The number of anilines is 1. The topological polar surface area (TPSA) is 62.7 Å². The average molecular weight is 381 g/mol. The van der Waals surface area contributed by atoms with Crippen molar-refractivity contribution in [2.75, 3.05) is 37.0 Å². The first kappa shape index (κ1) is 21.0. The molecule has 0 aliphatic carbocycles. The molecule has 0 spiro atoms. The maximum Gasteiger partial charge on any atom is 0.337 e. The number of hydrogen-bond acceptors (Lipinski definition) is 5. The molecular formula is C20H32N2O3S. The molecular weight excluding hydrogens is 348 g/mol. The van der Waals surface area contributed by atoms with E-state index in [2.05, 4.69) is 18.7 Å². The molecule has 6 heteroatoms. The number of nitrogens with zero attached hydrogens (tertiary/aromatic N) is 2. The third kappa shape index (κ3) is 5.61. The quantitative estimate of drug-likeness (QED) is 0.594. The number of thioether (sulfide) groups is 1. The number of aromatic nitrogens is 1. The molecule has 1 atom stereocenters. The van der Waals surface area contributed by atoms with Crippen LogP contribution in [-0.2, 0) is 4.74 Å². The van der Waals surface area contributed by atoms with E-state index in [1.54, 1.807) is 0 Å². The van der Waals surface area contributed by atoms with Gasteiger partial charge in [0.15, 0.2) is 0 Å². The smallest absolute Gasteiger partial charge is 0.337 e. The zero-order valence-electron chi connectivity index (χ0n) is 16.3. The number of carboxylic acid groups (broad SMARTS) is 1. The van der Waals surface area contributed by atoms with Crippen LogP contribution >= 0.6 is 11.8 Å². The lowest BCUT2D eigenvalue weighted by Gasteiger charge is -2.29. The highest BCUT2D eigenvalue weighted by molar-refractivity contribution is 7.99. The van der Waals surface area contributed by atoms with Crippen LogP contribution in [0.4, 0.5) is 5.82 Å². The van der Waals surface area contributed by atoms with Crippen LogP contribution in [0, 0.1) is 6.92 Å². The van der Waals surface area contributed by atoms with Gasteiger partial charge in [0.25, 0.3) is 0 Å². The maximum atomic E-state index is 11.9. The second kappa shape index (κ2) is 10.8. The van der Waals surface area contributed by atoms with Crippen LogP contribution in [0.25, 0.3) is 0 Å². The molecule has 2 rings (SSSR count). The average Bonchev–Trinajstić information content (AvgIpc) is 2.64. The standard InChI is InChI=1S/C20H32N2O3S/c1-4-6-7-8-9-16(26-5-2)19-18(20(23)24)15(3)14-17(21-19)22-10-12-25-13-11-22/h14,16H,4-13H2,1-3H3,(H,23,24). The van der Waals surface area contributed by atoms with E-state index < -0.39 is 5.97 Å². The number of ether oxygens (including phenoxy) is 1. The molecule has 1 aromatic rings. The summed E-state index contributed by atoms with van der Waals surface area (Å²) in [6.07, 6.45) is 5.73. The van der Waals surface area contributed by atoms with Crippen molar-refractivity contribution in [3.8, 4) is 0 Å². The largest absolute Gasteiger partial charge is 0.478 e. The third-order valence-corrected chi connectivity index (χ3v) is 5.97. The summed E-state index contributed by atoms with van der Waals surface area (Å²) in [5.41, 5.74) is 1.95. The molecule has 1 aromatic heterocycles. The Kier molecular flexibility index (Phi) is 8.72. The molecule has 0 amide bonds. The zero-order valence-corrected chi connectivity index (χ0v) is 17.1. The molecule has 26 heavy (non-hydrogen) atoms. The zero-order chi connectivity index (χ0) is 18.9. The molecule has 1 unspecified atom stereocenters. The molecule has 0 saturated carbocycles. The lowest BCUT2D eigenvalue weighted by Crippen LogP contribution is -2.37. The highest BCUT2D eigenvalue weighted by Crippen LogP contribution is 2.37. The van der Waals surface area contributed by atoms with E-state index in [1.165, 1.54) is 19.3 Å². The summed E-state index contributed by atoms with van der Waals surface area (Å²) < 4.78 is 5.44. The predicted molar refractivity (Wildman–Crippen MR) is 109 cm³/mol. The van der Waals surface area contributed by atoms with Crippen molar-refractivity contribution in [2.24, 2.45) is 0 Å². The highest BCUT2D eigenvalue weighted by atomic mass is 32.2. The van der Waals surface area contributed by atoms with E-state index in [-0.39, 0.29) is 5.25 Å². The van der Waals surface area contributed by atoms with Crippen molar-refractivity contribution in [1.82, 2.24) is 4.98 Å². The lowest BCUT2D eigenvalue weighted by molar-refractivity contribution is 0.0694. The van der Waals surface area contributed by atoms with Gasteiger partial charge in [-0.25, -0.2) is 9.78 Å². The van der Waals surface area contributed by atoms with E-state index in [4.69, 9.17) is 9.72 Å². The summed E-state index contributed by atoms with van der Waals surface area (Å²) >= 11 is 1.81. The summed E-state index contributed by atoms with van der Waals surface area (Å²) in [4.78, 5) is 19.0. The monoisotopic (exact) mass is 380 g/mol. The minimum absolute atomic E-state index is 0.141. The molecule has 0 bridgehead atoms. The van der Waals surface area contributed by atoms with Crippen LogP contribution in [0.1, 0.15) is 72.8 Å². The summed E-state index contributed by atoms with van der Waals surface area (Å²) in [5.74, 6) is 0.981. The molecule has 1 aliphatic heterocycles. The molecule has 0 radical (unpaired) electrons. The number of carbonyl (C=O) groups is 1. The normalized spacial score (nSPS) is 15.9. The van der Waals surface area contributed by atoms with Crippen LogP contribution in [0.3, 0.4) is 0 Å². The van der Waals surface area contributed by atoms with Crippen molar-refractivity contribution in [1.29, 1.82) is 0 Å². The van der Waals surface area contributed by atoms with E-state index in [0.717, 1.165) is 48.8 Å². The van der Waals surface area contributed by atoms with Crippen molar-refractivity contribution in [3.05, 3.63) is 22.9 Å². The molecule has 146 valence electrons. The Hall–Kier alpha value is -1.27. The molecule has 1 N–H and O–H groups in total. The van der Waals surface area contributed by atoms with Gasteiger partial charge in [0.05, 0.1) is 24.5 Å². The number of pyridine rings is 1. The molecule has 1 aliphatic rings. The van der Waals surface area contributed by atoms with Crippen LogP contribution in [0.15, 0.2) is 6.07 Å². The van der Waals surface area contributed by atoms with E-state index in [9.17, 15) is 9.90 Å². The summed E-state index contributed by atoms with van der Waals surface area (Å²) in [6, 6.07) is 1.92. The van der Waals surface area contributed by atoms with Gasteiger partial charge in [0, 0.05) is 18.3 Å². The SMILES string of the molecule is CCCCCCC(SCC)c1nc(N2CCOCC2)cc(C)c1C(=O)O. The van der Waals surface area contributed by atoms with Crippen LogP contribution in [-0.4, -0.2) is 48.1 Å². The molecule has 2 heterocycles. The van der Waals surface area contributed by atoms with Gasteiger partial charge in [-0.05, 0) is 30.7 Å². The lowest BCUT2D eigenvalue weighted by atomic mass is 10.0. The first-order chi connectivity index (χ1) is 12.6. The van der Waals surface area contributed by atoms with Gasteiger partial charge in [-0.3, -0.25) is 0 Å². The van der Waals surface area contributed by atoms with Gasteiger partial charge in [-0.1, -0.05) is 39.5 Å². The van der Waals surface area contributed by atoms with Gasteiger partial charge >= 0.3 is 5.97 Å². The van der Waals surface area contributed by atoms with Gasteiger partial charge < -0.3 is 14.7 Å². The van der Waals surface area contributed by atoms with Gasteiger partial charge in [0.2, 0.25) is 0 Å². The summed E-state index contributed by atoms with van der Waals surface area (Å²) in [7, 11) is 0. The van der Waals surface area contributed by atoms with E-state index >= 15 is 0 Å². The molecule has 5 nitrogen and oxygen atoms in total. The van der Waals surface area contributed by atoms with Gasteiger partial charge in [-0.15, -0.1) is 0 Å². The summed E-state index contributed by atoms with van der Waals surface area (Å²) in [6.45, 7) is 9.23. The third-order valence-electron chi connectivity index (χ3n) is 4.77. The summed E-state index contributed by atoms with van der Waals surface area (Å²) in [5, 5.41) is 9.93. The number of aryl methyl sites for hydroxylation is 1. The van der Waals surface area contributed by atoms with Crippen LogP contribution in [0.5, 0.6) is 0 Å². The molecule has 0 aromatic carbocycles. The number of carboxylic acids is 1. The first-order valence-electron chi connectivity index (χ1n) is 9.77. The number of unbranched alkanes of at least 4 members (excludes halogenated alkanes) is 3. The molecule has 1 saturated heterocycles. The van der Waals surface area contributed by atoms with Gasteiger partial charge in [0.1, 0.15) is 5.82 Å². The Bertz CT molecular complexity index is 589.